The Morgan fingerprint density at radius 2 is 2.05 bits per heavy atom. The molecule has 3 nitrogen and oxygen atoms in total. The molecule has 2 rings (SSSR count). The molecule has 2 aromatic rings. The monoisotopic (exact) mass is 274 g/mol. The van der Waals surface area contributed by atoms with Gasteiger partial charge in [-0.3, -0.25) is 4.79 Å². The topological polar surface area (TPSA) is 55.1 Å². The maximum Gasteiger partial charge on any atom is 0.224 e. The van der Waals surface area contributed by atoms with Gasteiger partial charge in [0.2, 0.25) is 5.91 Å². The molecule has 1 amide bonds. The summed E-state index contributed by atoms with van der Waals surface area (Å²) in [6.45, 7) is 2.08. The summed E-state index contributed by atoms with van der Waals surface area (Å²) in [5.74, 6) is 0.0463. The third-order valence-electron chi connectivity index (χ3n) is 2.97. The molecule has 0 fully saturated rings. The van der Waals surface area contributed by atoms with E-state index < -0.39 is 0 Å². The van der Waals surface area contributed by atoms with Crippen LogP contribution in [0, 0.1) is 0 Å². The number of nitrogens with two attached hydrogens (primary N) is 1. The zero-order chi connectivity index (χ0) is 13.7. The molecule has 0 bridgehead atoms. The van der Waals surface area contributed by atoms with Gasteiger partial charge in [0, 0.05) is 10.6 Å². The number of anilines is 1. The van der Waals surface area contributed by atoms with Crippen molar-refractivity contribution < 1.29 is 4.79 Å². The molecular weight excluding hydrogens is 256 g/mol. The van der Waals surface area contributed by atoms with E-state index in [0.717, 1.165) is 12.0 Å². The second-order valence-corrected chi connectivity index (χ2v) is 5.44. The van der Waals surface area contributed by atoms with E-state index in [-0.39, 0.29) is 11.9 Å². The molecule has 0 radical (unpaired) electrons. The van der Waals surface area contributed by atoms with Crippen molar-refractivity contribution in [2.75, 3.05) is 5.73 Å². The summed E-state index contributed by atoms with van der Waals surface area (Å²) in [6, 6.07) is 11.6. The summed E-state index contributed by atoms with van der Waals surface area (Å²) < 4.78 is 0. The summed E-state index contributed by atoms with van der Waals surface area (Å²) in [6.07, 6.45) is 1.29. The van der Waals surface area contributed by atoms with Gasteiger partial charge < -0.3 is 11.1 Å². The zero-order valence-electron chi connectivity index (χ0n) is 10.9. The van der Waals surface area contributed by atoms with Crippen molar-refractivity contribution in [1.29, 1.82) is 0 Å². The van der Waals surface area contributed by atoms with Crippen molar-refractivity contribution in [3.63, 3.8) is 0 Å². The van der Waals surface area contributed by atoms with Gasteiger partial charge in [0.05, 0.1) is 12.5 Å². The van der Waals surface area contributed by atoms with E-state index in [2.05, 4.69) is 18.3 Å². The minimum absolute atomic E-state index is 0.0463. The van der Waals surface area contributed by atoms with E-state index in [4.69, 9.17) is 5.73 Å². The van der Waals surface area contributed by atoms with E-state index in [1.54, 1.807) is 11.3 Å². The molecule has 0 aliphatic carbocycles. The minimum atomic E-state index is 0.0463. The van der Waals surface area contributed by atoms with Gasteiger partial charge in [0.15, 0.2) is 0 Å². The maximum absolute atomic E-state index is 12.0. The first-order valence-electron chi connectivity index (χ1n) is 6.36. The first-order chi connectivity index (χ1) is 9.19. The molecule has 1 atom stereocenters. The first kappa shape index (κ1) is 13.6. The highest BCUT2D eigenvalue weighted by Gasteiger charge is 2.13. The van der Waals surface area contributed by atoms with Crippen molar-refractivity contribution >= 4 is 22.9 Å². The Bertz CT molecular complexity index is 520. The van der Waals surface area contributed by atoms with Gasteiger partial charge in [-0.2, -0.15) is 0 Å². The van der Waals surface area contributed by atoms with Gasteiger partial charge in [0.25, 0.3) is 0 Å². The van der Waals surface area contributed by atoms with Gasteiger partial charge in [-0.05, 0) is 35.6 Å². The molecule has 0 saturated carbocycles. The van der Waals surface area contributed by atoms with Crippen molar-refractivity contribution in [3.8, 4) is 0 Å². The number of carbonyl (C=O) groups excluding carboxylic acids is 1. The van der Waals surface area contributed by atoms with Crippen LogP contribution in [0.15, 0.2) is 41.8 Å². The Hall–Kier alpha value is -1.81. The number of benzene rings is 1. The van der Waals surface area contributed by atoms with Crippen LogP contribution in [-0.4, -0.2) is 5.91 Å². The van der Waals surface area contributed by atoms with Crippen LogP contribution < -0.4 is 11.1 Å². The Labute approximate surface area is 117 Å². The van der Waals surface area contributed by atoms with Crippen LogP contribution >= 0.6 is 11.3 Å². The fourth-order valence-corrected chi connectivity index (χ4v) is 2.79. The Balaban J connectivity index is 1.95. The van der Waals surface area contributed by atoms with Gasteiger partial charge in [-0.25, -0.2) is 0 Å². The summed E-state index contributed by atoms with van der Waals surface area (Å²) in [5, 5.41) is 5.10. The normalized spacial score (nSPS) is 12.1. The largest absolute Gasteiger partial charge is 0.399 e. The Morgan fingerprint density at radius 1 is 1.32 bits per heavy atom. The summed E-state index contributed by atoms with van der Waals surface area (Å²) >= 11 is 1.67. The lowest BCUT2D eigenvalue weighted by atomic mass is 10.1. The SMILES string of the molecule is CCC(NC(=O)Cc1ccc(N)cc1)c1cccs1. The van der Waals surface area contributed by atoms with Crippen LogP contribution in [0.3, 0.4) is 0 Å². The predicted octanol–water partition coefficient (Wildman–Crippen LogP) is 3.14. The van der Waals surface area contributed by atoms with Crippen LogP contribution in [0.4, 0.5) is 5.69 Å². The lowest BCUT2D eigenvalue weighted by molar-refractivity contribution is -0.121. The molecule has 4 heteroatoms. The maximum atomic E-state index is 12.0. The number of carbonyl (C=O) groups is 1. The fourth-order valence-electron chi connectivity index (χ4n) is 1.93. The molecule has 0 aliphatic heterocycles. The Morgan fingerprint density at radius 3 is 2.63 bits per heavy atom. The molecule has 100 valence electrons. The highest BCUT2D eigenvalue weighted by Crippen LogP contribution is 2.21. The van der Waals surface area contributed by atoms with Gasteiger partial charge in [-0.1, -0.05) is 25.1 Å². The Kier molecular flexibility index (Phi) is 4.58. The first-order valence-corrected chi connectivity index (χ1v) is 7.24. The number of hydrogen-bond acceptors (Lipinski definition) is 3. The van der Waals surface area contributed by atoms with Crippen LogP contribution in [0.2, 0.25) is 0 Å². The second-order valence-electron chi connectivity index (χ2n) is 4.46. The average molecular weight is 274 g/mol. The van der Waals surface area contributed by atoms with Crippen LogP contribution in [0.5, 0.6) is 0 Å². The van der Waals surface area contributed by atoms with Crippen molar-refractivity contribution in [2.45, 2.75) is 25.8 Å². The molecule has 0 aliphatic rings. The van der Waals surface area contributed by atoms with E-state index in [9.17, 15) is 4.79 Å². The third kappa shape index (κ3) is 3.83. The summed E-state index contributed by atoms with van der Waals surface area (Å²) in [5.41, 5.74) is 7.32. The predicted molar refractivity (Wildman–Crippen MR) is 80.1 cm³/mol. The molecular formula is C15H18N2OS. The standard InChI is InChI=1S/C15H18N2OS/c1-2-13(14-4-3-9-19-14)17-15(18)10-11-5-7-12(16)8-6-11/h3-9,13H,2,10,16H2,1H3,(H,17,18). The van der Waals surface area contributed by atoms with E-state index in [0.29, 0.717) is 12.1 Å². The molecule has 3 N–H and O–H groups in total. The highest BCUT2D eigenvalue weighted by molar-refractivity contribution is 7.10. The van der Waals surface area contributed by atoms with E-state index >= 15 is 0 Å². The smallest absolute Gasteiger partial charge is 0.224 e. The fraction of sp³-hybridized carbons (Fsp3) is 0.267. The third-order valence-corrected chi connectivity index (χ3v) is 3.96. The molecule has 0 spiro atoms. The second kappa shape index (κ2) is 6.38. The van der Waals surface area contributed by atoms with Crippen molar-refractivity contribution in [1.82, 2.24) is 5.32 Å². The zero-order valence-corrected chi connectivity index (χ0v) is 11.7. The molecule has 1 heterocycles. The number of rotatable bonds is 5. The minimum Gasteiger partial charge on any atom is -0.399 e. The number of nitrogens with one attached hydrogen (secondary N) is 1. The number of thiophene rings is 1. The number of nitrogen functional groups attached to an aromatic ring is 1. The van der Waals surface area contributed by atoms with Crippen LogP contribution in [0.1, 0.15) is 29.8 Å². The highest BCUT2D eigenvalue weighted by atomic mass is 32.1. The molecule has 1 aromatic heterocycles. The number of amides is 1. The van der Waals surface area contributed by atoms with Crippen LogP contribution in [0.25, 0.3) is 0 Å². The number of hydrogen-bond donors (Lipinski definition) is 2. The molecule has 1 unspecified atom stereocenters. The van der Waals surface area contributed by atoms with Gasteiger partial charge in [-0.15, -0.1) is 11.3 Å². The molecule has 1 aromatic carbocycles. The average Bonchev–Trinajstić information content (AvgIpc) is 2.92. The van der Waals surface area contributed by atoms with Crippen molar-refractivity contribution in [3.05, 3.63) is 52.2 Å². The quantitative estimate of drug-likeness (QED) is 0.823. The van der Waals surface area contributed by atoms with Crippen LogP contribution in [-0.2, 0) is 11.2 Å². The lowest BCUT2D eigenvalue weighted by Crippen LogP contribution is -2.29. The van der Waals surface area contributed by atoms with Crippen molar-refractivity contribution in [2.24, 2.45) is 0 Å². The molecule has 0 saturated heterocycles. The summed E-state index contributed by atoms with van der Waals surface area (Å²) in [7, 11) is 0. The van der Waals surface area contributed by atoms with E-state index in [1.807, 2.05) is 35.7 Å². The van der Waals surface area contributed by atoms with Gasteiger partial charge in [0.1, 0.15) is 0 Å². The van der Waals surface area contributed by atoms with Gasteiger partial charge >= 0.3 is 0 Å². The molecule has 19 heavy (non-hydrogen) atoms. The summed E-state index contributed by atoms with van der Waals surface area (Å²) in [4.78, 5) is 13.2. The lowest BCUT2D eigenvalue weighted by Gasteiger charge is -2.15. The van der Waals surface area contributed by atoms with E-state index in [1.165, 1.54) is 4.88 Å².